The number of ether oxygens (including phenoxy) is 1. The van der Waals surface area contributed by atoms with Crippen LogP contribution in [0.3, 0.4) is 0 Å². The molecule has 1 aliphatic heterocycles. The van der Waals surface area contributed by atoms with Crippen LogP contribution in [0.2, 0.25) is 0 Å². The molecular formula is C23H29N3O3. The molecule has 2 aromatic rings. The average molecular weight is 396 g/mol. The molecule has 0 unspecified atom stereocenters. The van der Waals surface area contributed by atoms with Gasteiger partial charge in [0.1, 0.15) is 5.75 Å². The van der Waals surface area contributed by atoms with Crippen LogP contribution in [0, 0.1) is 0 Å². The molecule has 0 saturated carbocycles. The number of carbonyl (C=O) groups excluding carboxylic acids is 2. The number of amides is 2. The van der Waals surface area contributed by atoms with Gasteiger partial charge < -0.3 is 15.4 Å². The molecule has 6 nitrogen and oxygen atoms in total. The van der Waals surface area contributed by atoms with Crippen molar-refractivity contribution in [2.45, 2.75) is 32.7 Å². The molecule has 1 aliphatic rings. The van der Waals surface area contributed by atoms with Gasteiger partial charge in [-0.05, 0) is 48.8 Å². The Balaban J connectivity index is 1.55. The third-order valence-electron chi connectivity index (χ3n) is 5.27. The summed E-state index contributed by atoms with van der Waals surface area (Å²) in [6.07, 6.45) is 1.16. The molecular weight excluding hydrogens is 366 g/mol. The minimum atomic E-state index is -0.149. The Kier molecular flexibility index (Phi) is 7.25. The van der Waals surface area contributed by atoms with E-state index in [4.69, 9.17) is 4.74 Å². The van der Waals surface area contributed by atoms with E-state index in [0.717, 1.165) is 24.3 Å². The smallest absolute Gasteiger partial charge is 0.258 e. The monoisotopic (exact) mass is 395 g/mol. The van der Waals surface area contributed by atoms with E-state index in [-0.39, 0.29) is 24.5 Å². The zero-order valence-corrected chi connectivity index (χ0v) is 17.1. The highest BCUT2D eigenvalue weighted by molar-refractivity contribution is 5.94. The van der Waals surface area contributed by atoms with Gasteiger partial charge in [0.2, 0.25) is 5.91 Å². The second-order valence-corrected chi connectivity index (χ2v) is 7.11. The summed E-state index contributed by atoms with van der Waals surface area (Å²) < 4.78 is 5.67. The number of rotatable bonds is 9. The zero-order chi connectivity index (χ0) is 20.6. The number of hydrogen-bond donors (Lipinski definition) is 2. The first kappa shape index (κ1) is 20.9. The lowest BCUT2D eigenvalue weighted by Gasteiger charge is -2.30. The van der Waals surface area contributed by atoms with Gasteiger partial charge in [0, 0.05) is 18.7 Å². The highest BCUT2D eigenvalue weighted by Crippen LogP contribution is 2.26. The molecule has 29 heavy (non-hydrogen) atoms. The third-order valence-corrected chi connectivity index (χ3v) is 5.27. The van der Waals surface area contributed by atoms with Crippen LogP contribution < -0.4 is 15.4 Å². The average Bonchev–Trinajstić information content (AvgIpc) is 2.75. The molecule has 2 N–H and O–H groups in total. The summed E-state index contributed by atoms with van der Waals surface area (Å²) >= 11 is 0. The van der Waals surface area contributed by atoms with E-state index < -0.39 is 0 Å². The van der Waals surface area contributed by atoms with Crippen molar-refractivity contribution in [1.29, 1.82) is 0 Å². The van der Waals surface area contributed by atoms with Crippen LogP contribution in [0.1, 0.15) is 37.4 Å². The number of carbonyl (C=O) groups is 2. The minimum Gasteiger partial charge on any atom is -0.484 e. The Morgan fingerprint density at radius 2 is 1.90 bits per heavy atom. The SMILES string of the molecule is CCN(CC)[C@H](CNC(=O)COc1ccc2c(c1)CCC(=O)N2)c1ccccc1. The van der Waals surface area contributed by atoms with Crippen molar-refractivity contribution in [3.63, 3.8) is 0 Å². The predicted molar refractivity (Wildman–Crippen MR) is 114 cm³/mol. The molecule has 154 valence electrons. The van der Waals surface area contributed by atoms with Crippen LogP contribution in [0.5, 0.6) is 5.75 Å². The molecule has 2 aromatic carbocycles. The number of benzene rings is 2. The van der Waals surface area contributed by atoms with E-state index in [1.54, 1.807) is 6.07 Å². The maximum absolute atomic E-state index is 12.4. The molecule has 1 heterocycles. The maximum Gasteiger partial charge on any atom is 0.258 e. The van der Waals surface area contributed by atoms with E-state index in [0.29, 0.717) is 25.1 Å². The van der Waals surface area contributed by atoms with Gasteiger partial charge in [-0.25, -0.2) is 0 Å². The fraction of sp³-hybridized carbons (Fsp3) is 0.391. The summed E-state index contributed by atoms with van der Waals surface area (Å²) in [6, 6.07) is 15.9. The standard InChI is InChI=1S/C23H29N3O3/c1-3-26(4-2)21(17-8-6-5-7-9-17)15-24-23(28)16-29-19-11-12-20-18(14-19)10-13-22(27)25-20/h5-9,11-12,14,21H,3-4,10,13,15-16H2,1-2H3,(H,24,28)(H,25,27)/t21-/m1/s1. The Labute approximate surface area is 172 Å². The van der Waals surface area contributed by atoms with Gasteiger partial charge in [0.25, 0.3) is 5.91 Å². The van der Waals surface area contributed by atoms with Gasteiger partial charge in [0.05, 0.1) is 6.04 Å². The van der Waals surface area contributed by atoms with E-state index in [9.17, 15) is 9.59 Å². The van der Waals surface area contributed by atoms with Gasteiger partial charge in [0.15, 0.2) is 6.61 Å². The number of aryl methyl sites for hydroxylation is 1. The summed E-state index contributed by atoms with van der Waals surface area (Å²) in [5.41, 5.74) is 3.05. The number of hydrogen-bond acceptors (Lipinski definition) is 4. The van der Waals surface area contributed by atoms with Crippen molar-refractivity contribution in [2.75, 3.05) is 31.6 Å². The molecule has 2 amide bonds. The normalized spacial score (nSPS) is 14.1. The van der Waals surface area contributed by atoms with Gasteiger partial charge in [-0.15, -0.1) is 0 Å². The first-order chi connectivity index (χ1) is 14.1. The summed E-state index contributed by atoms with van der Waals surface area (Å²) in [5, 5.41) is 5.85. The van der Waals surface area contributed by atoms with E-state index in [1.165, 1.54) is 5.56 Å². The van der Waals surface area contributed by atoms with Crippen LogP contribution in [-0.4, -0.2) is 43.0 Å². The molecule has 0 saturated heterocycles. The Bertz CT molecular complexity index is 835. The molecule has 3 rings (SSSR count). The van der Waals surface area contributed by atoms with Gasteiger partial charge in [-0.2, -0.15) is 0 Å². The van der Waals surface area contributed by atoms with Crippen molar-refractivity contribution in [1.82, 2.24) is 10.2 Å². The molecule has 6 heteroatoms. The Hall–Kier alpha value is -2.86. The Morgan fingerprint density at radius 1 is 1.14 bits per heavy atom. The summed E-state index contributed by atoms with van der Waals surface area (Å²) in [7, 11) is 0. The van der Waals surface area contributed by atoms with Crippen molar-refractivity contribution < 1.29 is 14.3 Å². The highest BCUT2D eigenvalue weighted by atomic mass is 16.5. The van der Waals surface area contributed by atoms with Crippen molar-refractivity contribution in [3.05, 3.63) is 59.7 Å². The lowest BCUT2D eigenvalue weighted by Crippen LogP contribution is -2.39. The highest BCUT2D eigenvalue weighted by Gasteiger charge is 2.19. The fourth-order valence-electron chi connectivity index (χ4n) is 3.66. The predicted octanol–water partition coefficient (Wildman–Crippen LogP) is 3.15. The Morgan fingerprint density at radius 3 is 2.62 bits per heavy atom. The van der Waals surface area contributed by atoms with Crippen molar-refractivity contribution in [3.8, 4) is 5.75 Å². The van der Waals surface area contributed by atoms with Crippen LogP contribution in [-0.2, 0) is 16.0 Å². The minimum absolute atomic E-state index is 0.0340. The molecule has 0 spiro atoms. The number of anilines is 1. The van der Waals surface area contributed by atoms with E-state index >= 15 is 0 Å². The van der Waals surface area contributed by atoms with Crippen LogP contribution in [0.4, 0.5) is 5.69 Å². The van der Waals surface area contributed by atoms with Crippen LogP contribution in [0.15, 0.2) is 48.5 Å². The number of nitrogens with zero attached hydrogens (tertiary/aromatic N) is 1. The largest absolute Gasteiger partial charge is 0.484 e. The van der Waals surface area contributed by atoms with Crippen molar-refractivity contribution in [2.24, 2.45) is 0 Å². The van der Waals surface area contributed by atoms with Gasteiger partial charge >= 0.3 is 0 Å². The number of fused-ring (bicyclic) bond motifs is 1. The topological polar surface area (TPSA) is 70.7 Å². The first-order valence-electron chi connectivity index (χ1n) is 10.2. The number of likely N-dealkylation sites (N-methyl/N-ethyl adjacent to an activating group) is 1. The zero-order valence-electron chi connectivity index (χ0n) is 17.1. The molecule has 0 aliphatic carbocycles. The molecule has 0 fully saturated rings. The third kappa shape index (κ3) is 5.57. The fourth-order valence-corrected chi connectivity index (χ4v) is 3.66. The molecule has 0 aromatic heterocycles. The molecule has 0 radical (unpaired) electrons. The van der Waals surface area contributed by atoms with Gasteiger partial charge in [-0.3, -0.25) is 14.5 Å². The second-order valence-electron chi connectivity index (χ2n) is 7.11. The van der Waals surface area contributed by atoms with Gasteiger partial charge in [-0.1, -0.05) is 44.2 Å². The molecule has 1 atom stereocenters. The summed E-state index contributed by atoms with van der Waals surface area (Å²) in [4.78, 5) is 26.1. The van der Waals surface area contributed by atoms with Crippen LogP contribution >= 0.6 is 0 Å². The van der Waals surface area contributed by atoms with Crippen LogP contribution in [0.25, 0.3) is 0 Å². The maximum atomic E-state index is 12.4. The summed E-state index contributed by atoms with van der Waals surface area (Å²) in [5.74, 6) is 0.522. The number of nitrogens with one attached hydrogen (secondary N) is 2. The van der Waals surface area contributed by atoms with E-state index in [1.807, 2.05) is 30.3 Å². The van der Waals surface area contributed by atoms with Crippen molar-refractivity contribution >= 4 is 17.5 Å². The first-order valence-corrected chi connectivity index (χ1v) is 10.2. The summed E-state index contributed by atoms with van der Waals surface area (Å²) in [6.45, 7) is 6.57. The lowest BCUT2D eigenvalue weighted by molar-refractivity contribution is -0.123. The molecule has 0 bridgehead atoms. The lowest BCUT2D eigenvalue weighted by atomic mass is 10.0. The second kappa shape index (κ2) is 10.1. The quantitative estimate of drug-likeness (QED) is 0.684. The van der Waals surface area contributed by atoms with E-state index in [2.05, 4.69) is 41.5 Å².